The maximum atomic E-state index is 14.8. The summed E-state index contributed by atoms with van der Waals surface area (Å²) in [6.07, 6.45) is -9.77. The van der Waals surface area contributed by atoms with Crippen molar-refractivity contribution in [3.05, 3.63) is 95.6 Å². The molecule has 8 amide bonds. The summed E-state index contributed by atoms with van der Waals surface area (Å²) in [5.41, 5.74) is 13.2. The molecular weight excluding hydrogens is 1130 g/mol. The van der Waals surface area contributed by atoms with Crippen molar-refractivity contribution in [3.8, 4) is 11.5 Å². The number of aromatic hydroxyl groups is 2. The fraction of sp³-hybridized carbons (Fsp3) is 0.474. The molecule has 2 saturated heterocycles. The molecule has 29 nitrogen and oxygen atoms in total. The fourth-order valence-electron chi connectivity index (χ4n) is 9.35. The number of esters is 4. The van der Waals surface area contributed by atoms with E-state index in [0.717, 1.165) is 32.6 Å². The van der Waals surface area contributed by atoms with Crippen LogP contribution in [0.15, 0.2) is 78.9 Å². The Bertz CT molecular complexity index is 2920. The van der Waals surface area contributed by atoms with Gasteiger partial charge in [-0.1, -0.05) is 54.6 Å². The molecule has 2 aliphatic heterocycles. The fourth-order valence-corrected chi connectivity index (χ4v) is 9.35. The number of ether oxygens (including phenoxy) is 6. The van der Waals surface area contributed by atoms with Crippen LogP contribution in [0.25, 0.3) is 0 Å². The van der Waals surface area contributed by atoms with Crippen molar-refractivity contribution < 1.29 is 96.2 Å². The van der Waals surface area contributed by atoms with E-state index >= 15 is 0 Å². The topological polar surface area (TPSA) is 428 Å². The molecule has 5 rings (SSSR count). The Morgan fingerprint density at radius 1 is 0.616 bits per heavy atom. The number of rotatable bonds is 28. The standard InChI is InChI=1S/C57H73N9O20/c1-29(62-52(76)40(58)23-36-14-18-38(71)19-15-36)51(75)64-41(24-35-11-8-7-9-12-35)53(77)61-27-46(74)63-42(25-37-16-20-39(72)21-17-37)56(80)66-22-10-13-43(66)54(78)65-47(55(79)60-26-45(59)73)30(2)82-57-50(85-34(6)70)49(84-33(5)69)48(83-32(4)68)44(86-57)28-81-31(3)67/h7-9,11-12,14-21,29-30,40-44,47-50,57,71-72H,10,13,22-28,58H2,1-6H3,(H2,59,73)(H,60,79)(H,61,77)(H,62,76)(H,63,74)(H,64,75)(H,65,78)/t29-,30-,40+,41+,42+,43+,44-,47+,48-,49+,50-,57-/m1/s1. The van der Waals surface area contributed by atoms with E-state index in [-0.39, 0.29) is 50.1 Å². The number of nitrogens with one attached hydrogen (secondary N) is 6. The third-order valence-electron chi connectivity index (χ3n) is 13.5. The van der Waals surface area contributed by atoms with Gasteiger partial charge < -0.3 is 86.9 Å². The number of nitrogens with zero attached hydrogens (tertiary/aromatic N) is 1. The van der Waals surface area contributed by atoms with Crippen LogP contribution in [0.4, 0.5) is 0 Å². The van der Waals surface area contributed by atoms with Crippen LogP contribution in [0.2, 0.25) is 0 Å². The van der Waals surface area contributed by atoms with Crippen LogP contribution in [0.5, 0.6) is 11.5 Å². The molecule has 12 N–H and O–H groups in total. The van der Waals surface area contributed by atoms with E-state index in [1.807, 2.05) is 0 Å². The highest BCUT2D eigenvalue weighted by Gasteiger charge is 2.54. The van der Waals surface area contributed by atoms with Gasteiger partial charge >= 0.3 is 23.9 Å². The van der Waals surface area contributed by atoms with Gasteiger partial charge in [0.15, 0.2) is 24.6 Å². The van der Waals surface area contributed by atoms with Crippen molar-refractivity contribution in [2.75, 3.05) is 26.2 Å². The van der Waals surface area contributed by atoms with E-state index in [9.17, 15) is 67.7 Å². The molecule has 0 aliphatic carbocycles. The summed E-state index contributed by atoms with van der Waals surface area (Å²) >= 11 is 0. The minimum Gasteiger partial charge on any atom is -0.508 e. The quantitative estimate of drug-likeness (QED) is 0.0268. The lowest BCUT2D eigenvalue weighted by molar-refractivity contribution is -0.316. The average Bonchev–Trinajstić information content (AvgIpc) is 1.41. The Labute approximate surface area is 494 Å². The van der Waals surface area contributed by atoms with Gasteiger partial charge in [0.05, 0.1) is 25.2 Å². The van der Waals surface area contributed by atoms with Crippen molar-refractivity contribution in [1.82, 2.24) is 36.8 Å². The van der Waals surface area contributed by atoms with E-state index in [4.69, 9.17) is 39.9 Å². The van der Waals surface area contributed by atoms with Crippen LogP contribution < -0.4 is 43.4 Å². The van der Waals surface area contributed by atoms with Gasteiger partial charge in [0.1, 0.15) is 54.4 Å². The minimum absolute atomic E-state index is 0.0154. The zero-order chi connectivity index (χ0) is 63.4. The lowest BCUT2D eigenvalue weighted by atomic mass is 9.97. The number of carbonyl (C=O) groups excluding carboxylic acids is 12. The highest BCUT2D eigenvalue weighted by atomic mass is 16.7. The normalized spacial score (nSPS) is 20.1. The molecule has 0 unspecified atom stereocenters. The van der Waals surface area contributed by atoms with E-state index in [1.54, 1.807) is 42.5 Å². The first-order valence-electron chi connectivity index (χ1n) is 27.3. The van der Waals surface area contributed by atoms with Gasteiger partial charge in [0, 0.05) is 47.1 Å². The zero-order valence-electron chi connectivity index (χ0n) is 48.1. The number of hydrogen-bond acceptors (Lipinski definition) is 21. The maximum absolute atomic E-state index is 14.8. The van der Waals surface area contributed by atoms with Crippen molar-refractivity contribution in [1.29, 1.82) is 0 Å². The zero-order valence-corrected chi connectivity index (χ0v) is 48.1. The highest BCUT2D eigenvalue weighted by molar-refractivity contribution is 5.97. The molecule has 29 heteroatoms. The molecule has 2 heterocycles. The second-order valence-electron chi connectivity index (χ2n) is 20.4. The molecule has 86 heavy (non-hydrogen) atoms. The van der Waals surface area contributed by atoms with Gasteiger partial charge in [-0.3, -0.25) is 57.5 Å². The van der Waals surface area contributed by atoms with Crippen LogP contribution in [-0.2, 0) is 105 Å². The number of likely N-dealkylation sites (tertiary alicyclic amines) is 1. The molecule has 0 spiro atoms. The molecule has 0 saturated carbocycles. The third kappa shape index (κ3) is 20.8. The first-order valence-corrected chi connectivity index (χ1v) is 27.3. The molecule has 2 fully saturated rings. The molecule has 3 aromatic rings. The van der Waals surface area contributed by atoms with Gasteiger partial charge in [-0.15, -0.1) is 0 Å². The van der Waals surface area contributed by atoms with E-state index < -0.39 is 164 Å². The van der Waals surface area contributed by atoms with Crippen LogP contribution in [0.3, 0.4) is 0 Å². The minimum atomic E-state index is -1.83. The number of primary amides is 1. The summed E-state index contributed by atoms with van der Waals surface area (Å²) in [5, 5.41) is 34.7. The average molecular weight is 1200 g/mol. The molecule has 0 bridgehead atoms. The third-order valence-corrected chi connectivity index (χ3v) is 13.5. The SMILES string of the molecule is CC(=O)OC[C@H]1O[C@@H](O[C@H](C)[C@H](NC(=O)[C@@H]2CCCN2C(=O)[C@H](Cc2ccc(O)cc2)NC(=O)CNC(=O)[C@H](Cc2ccccc2)NC(=O)[C@@H](C)NC(=O)[C@@H](N)Cc2ccc(O)cc2)C(=O)NCC(N)=O)[C@H](OC(C)=O)[C@@H](OC(C)=O)[C@@H]1OC(C)=O. The van der Waals surface area contributed by atoms with Gasteiger partial charge in [-0.2, -0.15) is 0 Å². The molecule has 0 radical (unpaired) electrons. The number of nitrogens with two attached hydrogens (primary N) is 2. The van der Waals surface area contributed by atoms with Crippen molar-refractivity contribution >= 4 is 71.1 Å². The Hall–Kier alpha value is -9.22. The monoisotopic (exact) mass is 1200 g/mol. The van der Waals surface area contributed by atoms with Gasteiger partial charge in [-0.25, -0.2) is 0 Å². The molecule has 2 aliphatic rings. The van der Waals surface area contributed by atoms with E-state index in [1.165, 1.54) is 50.2 Å². The Kier molecular flexibility index (Phi) is 25.3. The summed E-state index contributed by atoms with van der Waals surface area (Å²) in [5.74, 6) is -10.6. The summed E-state index contributed by atoms with van der Waals surface area (Å²) in [6, 6.07) is 12.2. The molecule has 3 aromatic carbocycles. The van der Waals surface area contributed by atoms with Gasteiger partial charge in [0.2, 0.25) is 47.3 Å². The lowest BCUT2D eigenvalue weighted by Gasteiger charge is -2.45. The second kappa shape index (κ2) is 32.2. The number of phenols is 2. The smallest absolute Gasteiger partial charge is 0.303 e. The number of benzene rings is 3. The summed E-state index contributed by atoms with van der Waals surface area (Å²) in [6.45, 7) is 4.61. The summed E-state index contributed by atoms with van der Waals surface area (Å²) < 4.78 is 33.7. The van der Waals surface area contributed by atoms with Crippen LogP contribution in [0, 0.1) is 0 Å². The first-order chi connectivity index (χ1) is 40.7. The van der Waals surface area contributed by atoms with Crippen molar-refractivity contribution in [2.24, 2.45) is 11.5 Å². The predicted molar refractivity (Wildman–Crippen MR) is 298 cm³/mol. The Balaban J connectivity index is 1.35. The predicted octanol–water partition coefficient (Wildman–Crippen LogP) is -2.39. The van der Waals surface area contributed by atoms with E-state index in [0.29, 0.717) is 16.7 Å². The van der Waals surface area contributed by atoms with E-state index in [2.05, 4.69) is 31.9 Å². The lowest BCUT2D eigenvalue weighted by Crippen LogP contribution is -2.64. The first kappa shape index (κ1) is 67.6. The Morgan fingerprint density at radius 2 is 1.16 bits per heavy atom. The maximum Gasteiger partial charge on any atom is 0.303 e. The largest absolute Gasteiger partial charge is 0.508 e. The van der Waals surface area contributed by atoms with Crippen LogP contribution >= 0.6 is 0 Å². The summed E-state index contributed by atoms with van der Waals surface area (Å²) in [7, 11) is 0. The van der Waals surface area contributed by atoms with Crippen molar-refractivity contribution in [2.45, 2.75) is 147 Å². The summed E-state index contributed by atoms with van der Waals surface area (Å²) in [4.78, 5) is 160. The van der Waals surface area contributed by atoms with Crippen molar-refractivity contribution in [3.63, 3.8) is 0 Å². The number of carbonyl (C=O) groups is 12. The Morgan fingerprint density at radius 3 is 1.74 bits per heavy atom. The molecular formula is C57H73N9O20. The van der Waals surface area contributed by atoms with Gasteiger partial charge in [0.25, 0.3) is 0 Å². The number of phenolic OH excluding ortho intramolecular Hbond substituents is 2. The molecule has 466 valence electrons. The number of amides is 8. The van der Waals surface area contributed by atoms with Gasteiger partial charge in [-0.05, 0) is 74.1 Å². The van der Waals surface area contributed by atoms with Crippen LogP contribution in [0.1, 0.15) is 71.1 Å². The highest BCUT2D eigenvalue weighted by Crippen LogP contribution is 2.31. The second-order valence-corrected chi connectivity index (χ2v) is 20.4. The number of hydrogen-bond donors (Lipinski definition) is 10. The molecule has 12 atom stereocenters. The van der Waals surface area contributed by atoms with Crippen LogP contribution in [-0.4, -0.2) is 186 Å². The molecule has 0 aromatic heterocycles.